The van der Waals surface area contributed by atoms with Crippen LogP contribution in [0.5, 0.6) is 0 Å². The Hall–Kier alpha value is -2.17. The normalized spacial score (nSPS) is 10.7. The predicted octanol–water partition coefficient (Wildman–Crippen LogP) is 2.53. The van der Waals surface area contributed by atoms with Crippen LogP contribution in [-0.4, -0.2) is 25.8 Å². The summed E-state index contributed by atoms with van der Waals surface area (Å²) in [6.07, 6.45) is 1.59. The van der Waals surface area contributed by atoms with Crippen molar-refractivity contribution in [2.45, 2.75) is 33.6 Å². The van der Waals surface area contributed by atoms with E-state index in [2.05, 4.69) is 10.1 Å². The highest BCUT2D eigenvalue weighted by atomic mass is 16.4. The van der Waals surface area contributed by atoms with E-state index >= 15 is 0 Å². The molecule has 0 spiro atoms. The standard InChI is InChI=1S/C14H17N3O2/c1-4-6-12-15-13(14(18)19)16-17(12)11-8-5-7-9(2)10(11)3/h5,7-8H,4,6H2,1-3H3,(H,18,19). The molecule has 5 nitrogen and oxygen atoms in total. The summed E-state index contributed by atoms with van der Waals surface area (Å²) in [6, 6.07) is 5.89. The average Bonchev–Trinajstić information content (AvgIpc) is 2.77. The highest BCUT2D eigenvalue weighted by Gasteiger charge is 2.17. The van der Waals surface area contributed by atoms with Crippen LogP contribution in [-0.2, 0) is 6.42 Å². The molecule has 2 aromatic rings. The van der Waals surface area contributed by atoms with Gasteiger partial charge < -0.3 is 5.11 Å². The first-order chi connectivity index (χ1) is 9.04. The molecule has 5 heteroatoms. The van der Waals surface area contributed by atoms with Gasteiger partial charge in [0, 0.05) is 6.42 Å². The molecule has 1 aromatic carbocycles. The van der Waals surface area contributed by atoms with E-state index in [9.17, 15) is 4.79 Å². The molecule has 19 heavy (non-hydrogen) atoms. The molecular formula is C14H17N3O2. The molecule has 0 unspecified atom stereocenters. The number of carboxylic acid groups (broad SMARTS) is 1. The van der Waals surface area contributed by atoms with Crippen LogP contribution in [0.1, 0.15) is 40.9 Å². The van der Waals surface area contributed by atoms with Gasteiger partial charge in [0.2, 0.25) is 0 Å². The summed E-state index contributed by atoms with van der Waals surface area (Å²) < 4.78 is 1.65. The van der Waals surface area contributed by atoms with Crippen LogP contribution >= 0.6 is 0 Å². The lowest BCUT2D eigenvalue weighted by molar-refractivity contribution is 0.0683. The lowest BCUT2D eigenvalue weighted by atomic mass is 10.1. The van der Waals surface area contributed by atoms with E-state index in [0.717, 1.165) is 23.2 Å². The molecular weight excluding hydrogens is 242 g/mol. The molecule has 0 fully saturated rings. The Balaban J connectivity index is 2.59. The van der Waals surface area contributed by atoms with Crippen molar-refractivity contribution < 1.29 is 9.90 Å². The minimum Gasteiger partial charge on any atom is -0.475 e. The van der Waals surface area contributed by atoms with Gasteiger partial charge >= 0.3 is 5.97 Å². The lowest BCUT2D eigenvalue weighted by Crippen LogP contribution is -2.06. The van der Waals surface area contributed by atoms with Gasteiger partial charge in [0.1, 0.15) is 5.82 Å². The summed E-state index contributed by atoms with van der Waals surface area (Å²) in [6.45, 7) is 6.05. The number of aryl methyl sites for hydroxylation is 2. The lowest BCUT2D eigenvalue weighted by Gasteiger charge is -2.10. The first-order valence-electron chi connectivity index (χ1n) is 6.30. The SMILES string of the molecule is CCCc1nc(C(=O)O)nn1-c1cccc(C)c1C. The van der Waals surface area contributed by atoms with Crippen LogP contribution in [0.25, 0.3) is 5.69 Å². The van der Waals surface area contributed by atoms with Gasteiger partial charge in [0.25, 0.3) is 5.82 Å². The first kappa shape index (κ1) is 13.3. The van der Waals surface area contributed by atoms with Gasteiger partial charge in [-0.3, -0.25) is 0 Å². The topological polar surface area (TPSA) is 68.0 Å². The third kappa shape index (κ3) is 2.50. The number of aromatic nitrogens is 3. The molecule has 0 saturated carbocycles. The Kier molecular flexibility index (Phi) is 3.64. The van der Waals surface area contributed by atoms with Crippen molar-refractivity contribution in [2.24, 2.45) is 0 Å². The van der Waals surface area contributed by atoms with E-state index in [0.29, 0.717) is 12.2 Å². The summed E-state index contributed by atoms with van der Waals surface area (Å²) in [5.41, 5.74) is 3.12. The van der Waals surface area contributed by atoms with E-state index in [1.807, 2.05) is 39.0 Å². The molecule has 0 aliphatic rings. The van der Waals surface area contributed by atoms with E-state index in [4.69, 9.17) is 5.11 Å². The maximum Gasteiger partial charge on any atom is 0.375 e. The number of rotatable bonds is 4. The zero-order chi connectivity index (χ0) is 14.0. The molecule has 2 rings (SSSR count). The fourth-order valence-electron chi connectivity index (χ4n) is 1.98. The Bertz CT molecular complexity index is 617. The Morgan fingerprint density at radius 2 is 2.11 bits per heavy atom. The zero-order valence-electron chi connectivity index (χ0n) is 11.3. The first-order valence-corrected chi connectivity index (χ1v) is 6.30. The molecule has 0 radical (unpaired) electrons. The third-order valence-corrected chi connectivity index (χ3v) is 3.14. The van der Waals surface area contributed by atoms with Crippen molar-refractivity contribution in [1.29, 1.82) is 0 Å². The maximum absolute atomic E-state index is 11.0. The molecule has 0 aliphatic heterocycles. The Morgan fingerprint density at radius 1 is 1.37 bits per heavy atom. The second-order valence-corrected chi connectivity index (χ2v) is 4.54. The summed E-state index contributed by atoms with van der Waals surface area (Å²) in [4.78, 5) is 15.1. The van der Waals surface area contributed by atoms with Gasteiger partial charge in [-0.25, -0.2) is 14.5 Å². The number of hydrogen-bond acceptors (Lipinski definition) is 3. The van der Waals surface area contributed by atoms with Crippen molar-refractivity contribution in [2.75, 3.05) is 0 Å². The van der Waals surface area contributed by atoms with Crippen LogP contribution in [0, 0.1) is 13.8 Å². The van der Waals surface area contributed by atoms with Gasteiger partial charge in [-0.2, -0.15) is 0 Å². The predicted molar refractivity (Wildman–Crippen MR) is 71.8 cm³/mol. The quantitative estimate of drug-likeness (QED) is 0.916. The number of carbonyl (C=O) groups is 1. The van der Waals surface area contributed by atoms with Gasteiger partial charge in [-0.05, 0) is 37.5 Å². The molecule has 0 bridgehead atoms. The molecule has 100 valence electrons. The zero-order valence-corrected chi connectivity index (χ0v) is 11.3. The van der Waals surface area contributed by atoms with Crippen molar-refractivity contribution >= 4 is 5.97 Å². The fourth-order valence-corrected chi connectivity index (χ4v) is 1.98. The summed E-state index contributed by atoms with van der Waals surface area (Å²) in [5, 5.41) is 13.1. The van der Waals surface area contributed by atoms with Crippen molar-refractivity contribution in [3.05, 3.63) is 41.0 Å². The second-order valence-electron chi connectivity index (χ2n) is 4.54. The molecule has 1 N–H and O–H groups in total. The van der Waals surface area contributed by atoms with Crippen LogP contribution in [0.3, 0.4) is 0 Å². The monoisotopic (exact) mass is 259 g/mol. The molecule has 0 atom stereocenters. The van der Waals surface area contributed by atoms with E-state index in [1.165, 1.54) is 0 Å². The van der Waals surface area contributed by atoms with Crippen molar-refractivity contribution in [3.63, 3.8) is 0 Å². The number of aromatic carboxylic acids is 1. The maximum atomic E-state index is 11.0. The van der Waals surface area contributed by atoms with Gasteiger partial charge in [0.05, 0.1) is 5.69 Å². The smallest absolute Gasteiger partial charge is 0.375 e. The van der Waals surface area contributed by atoms with Crippen LogP contribution in [0.4, 0.5) is 0 Å². The highest BCUT2D eigenvalue weighted by molar-refractivity contribution is 5.83. The highest BCUT2D eigenvalue weighted by Crippen LogP contribution is 2.19. The molecule has 0 amide bonds. The third-order valence-electron chi connectivity index (χ3n) is 3.14. The summed E-state index contributed by atoms with van der Waals surface area (Å²) in [5.74, 6) is -0.556. The number of carboxylic acids is 1. The molecule has 0 aliphatic carbocycles. The van der Waals surface area contributed by atoms with Crippen LogP contribution < -0.4 is 0 Å². The summed E-state index contributed by atoms with van der Waals surface area (Å²) >= 11 is 0. The average molecular weight is 259 g/mol. The van der Waals surface area contributed by atoms with Crippen molar-refractivity contribution in [1.82, 2.24) is 14.8 Å². The Morgan fingerprint density at radius 3 is 2.74 bits per heavy atom. The van der Waals surface area contributed by atoms with Gasteiger partial charge in [-0.1, -0.05) is 19.1 Å². The summed E-state index contributed by atoms with van der Waals surface area (Å²) in [7, 11) is 0. The van der Waals surface area contributed by atoms with Gasteiger partial charge in [-0.15, -0.1) is 5.10 Å². The molecule has 1 heterocycles. The largest absolute Gasteiger partial charge is 0.475 e. The van der Waals surface area contributed by atoms with E-state index < -0.39 is 5.97 Å². The van der Waals surface area contributed by atoms with Crippen molar-refractivity contribution in [3.8, 4) is 5.69 Å². The van der Waals surface area contributed by atoms with E-state index in [1.54, 1.807) is 4.68 Å². The minimum absolute atomic E-state index is 0.149. The second kappa shape index (κ2) is 5.22. The van der Waals surface area contributed by atoms with Crippen LogP contribution in [0.15, 0.2) is 18.2 Å². The van der Waals surface area contributed by atoms with Gasteiger partial charge in [0.15, 0.2) is 0 Å². The number of nitrogens with zero attached hydrogens (tertiary/aromatic N) is 3. The number of hydrogen-bond donors (Lipinski definition) is 1. The Labute approximate surface area is 111 Å². The number of benzene rings is 1. The molecule has 1 aromatic heterocycles. The van der Waals surface area contributed by atoms with E-state index in [-0.39, 0.29) is 5.82 Å². The van der Waals surface area contributed by atoms with Crippen LogP contribution in [0.2, 0.25) is 0 Å². The molecule has 0 saturated heterocycles. The fraction of sp³-hybridized carbons (Fsp3) is 0.357. The minimum atomic E-state index is -1.10.